The van der Waals surface area contributed by atoms with E-state index < -0.39 is 8.07 Å². The van der Waals surface area contributed by atoms with E-state index in [1.165, 1.54) is 75.5 Å². The first-order valence-electron chi connectivity index (χ1n) is 19.7. The van der Waals surface area contributed by atoms with Crippen molar-refractivity contribution in [3.63, 3.8) is 0 Å². The summed E-state index contributed by atoms with van der Waals surface area (Å²) in [5.41, 5.74) is 9.50. The molecule has 2 heterocycles. The Bertz CT molecular complexity index is 3110. The summed E-state index contributed by atoms with van der Waals surface area (Å²) in [5, 5.41) is 10.5. The van der Waals surface area contributed by atoms with Crippen LogP contribution in [0.5, 0.6) is 0 Å². The first-order valence-corrected chi connectivity index (χ1v) is 21.7. The predicted molar refractivity (Wildman–Crippen MR) is 244 cm³/mol. The van der Waals surface area contributed by atoms with Crippen LogP contribution in [0, 0.1) is 0 Å². The number of para-hydroxylation sites is 2. The maximum atomic E-state index is 2.51. The smallest absolute Gasteiger partial charge is 0.179 e. The van der Waals surface area contributed by atoms with Crippen molar-refractivity contribution in [2.45, 2.75) is 0 Å². The Morgan fingerprint density at radius 2 is 0.719 bits per heavy atom. The van der Waals surface area contributed by atoms with Gasteiger partial charge in [0.05, 0.1) is 22.1 Å². The van der Waals surface area contributed by atoms with Gasteiger partial charge >= 0.3 is 0 Å². The van der Waals surface area contributed by atoms with Gasteiger partial charge in [0.2, 0.25) is 0 Å². The summed E-state index contributed by atoms with van der Waals surface area (Å²) >= 11 is 0. The molecule has 0 radical (unpaired) electrons. The molecule has 0 N–H and O–H groups in total. The zero-order valence-corrected chi connectivity index (χ0v) is 32.3. The molecule has 0 unspecified atom stereocenters. The van der Waals surface area contributed by atoms with E-state index >= 15 is 0 Å². The van der Waals surface area contributed by atoms with Crippen molar-refractivity contribution in [1.82, 2.24) is 9.13 Å². The van der Waals surface area contributed by atoms with Crippen LogP contribution in [0.3, 0.4) is 0 Å². The molecule has 0 atom stereocenters. The summed E-state index contributed by atoms with van der Waals surface area (Å²) in [5.74, 6) is 0. The summed E-state index contributed by atoms with van der Waals surface area (Å²) in [6.45, 7) is 0. The van der Waals surface area contributed by atoms with Crippen LogP contribution in [-0.2, 0) is 0 Å². The van der Waals surface area contributed by atoms with E-state index in [1.54, 1.807) is 0 Å². The van der Waals surface area contributed by atoms with Gasteiger partial charge < -0.3 is 9.13 Å². The Morgan fingerprint density at radius 1 is 0.246 bits per heavy atom. The van der Waals surface area contributed by atoms with Gasteiger partial charge in [0, 0.05) is 32.9 Å². The molecule has 0 saturated carbocycles. The normalized spacial score (nSPS) is 11.9. The zero-order valence-electron chi connectivity index (χ0n) is 31.3. The van der Waals surface area contributed by atoms with Gasteiger partial charge in [-0.25, -0.2) is 0 Å². The maximum absolute atomic E-state index is 2.72. The quantitative estimate of drug-likeness (QED) is 0.114. The monoisotopic (exact) mass is 742 g/mol. The lowest BCUT2D eigenvalue weighted by molar-refractivity contribution is 1.15. The van der Waals surface area contributed by atoms with Crippen molar-refractivity contribution in [1.29, 1.82) is 0 Å². The number of hydrogen-bond donors (Lipinski definition) is 0. The summed E-state index contributed by atoms with van der Waals surface area (Å²) < 4.78 is 4.90. The van der Waals surface area contributed by atoms with Crippen LogP contribution in [0.2, 0.25) is 0 Å². The Balaban J connectivity index is 1.17. The highest BCUT2D eigenvalue weighted by Gasteiger charge is 2.41. The summed E-state index contributed by atoms with van der Waals surface area (Å²) in [4.78, 5) is 0. The highest BCUT2D eigenvalue weighted by molar-refractivity contribution is 7.20. The predicted octanol–water partition coefficient (Wildman–Crippen LogP) is 10.9. The average Bonchev–Trinajstić information content (AvgIpc) is 3.80. The molecule has 2 nitrogen and oxygen atoms in total. The van der Waals surface area contributed by atoms with E-state index in [2.05, 4.69) is 240 Å². The minimum Gasteiger partial charge on any atom is -0.309 e. The molecule has 0 fully saturated rings. The molecule has 268 valence electrons. The maximum Gasteiger partial charge on any atom is 0.179 e. The van der Waals surface area contributed by atoms with Crippen LogP contribution in [0.4, 0.5) is 0 Å². The standard InChI is InChI=1S/C54H38N2Si/c1-6-18-39(19-7-1)40-30-33-48-49-34-31-42(37-54(49)55(53(48)36-40)41-20-8-2-9-21-41)56-51-29-17-16-28-47(51)50-38-46(32-35-52(50)56)57(43-22-10-3-11-23-43,44-24-12-4-13-25-44)45-26-14-5-15-27-45/h1-38H. The highest BCUT2D eigenvalue weighted by Crippen LogP contribution is 2.38. The lowest BCUT2D eigenvalue weighted by Gasteiger charge is -2.34. The highest BCUT2D eigenvalue weighted by atomic mass is 28.3. The van der Waals surface area contributed by atoms with Crippen molar-refractivity contribution >= 4 is 72.4 Å². The van der Waals surface area contributed by atoms with E-state index in [4.69, 9.17) is 0 Å². The van der Waals surface area contributed by atoms with Crippen molar-refractivity contribution in [3.05, 3.63) is 231 Å². The van der Waals surface area contributed by atoms with E-state index in [0.29, 0.717) is 0 Å². The number of hydrogen-bond acceptors (Lipinski definition) is 0. The molecule has 0 aliphatic carbocycles. The minimum atomic E-state index is -2.72. The third kappa shape index (κ3) is 5.24. The van der Waals surface area contributed by atoms with Crippen LogP contribution in [0.25, 0.3) is 66.1 Å². The molecule has 9 aromatic carbocycles. The zero-order chi connectivity index (χ0) is 37.8. The minimum absolute atomic E-state index is 1.14. The van der Waals surface area contributed by atoms with Crippen LogP contribution in [0.1, 0.15) is 0 Å². The van der Waals surface area contributed by atoms with Crippen LogP contribution in [-0.4, -0.2) is 17.2 Å². The molecule has 57 heavy (non-hydrogen) atoms. The van der Waals surface area contributed by atoms with Gasteiger partial charge in [-0.1, -0.05) is 188 Å². The molecule has 11 aromatic rings. The Labute approximate surface area is 333 Å². The van der Waals surface area contributed by atoms with Crippen molar-refractivity contribution in [3.8, 4) is 22.5 Å². The number of aromatic nitrogens is 2. The van der Waals surface area contributed by atoms with Gasteiger partial charge in [0.25, 0.3) is 0 Å². The first kappa shape index (κ1) is 33.2. The second-order valence-electron chi connectivity index (χ2n) is 14.9. The topological polar surface area (TPSA) is 9.86 Å². The third-order valence-corrected chi connectivity index (χ3v) is 16.6. The molecule has 2 aromatic heterocycles. The second kappa shape index (κ2) is 13.5. The Morgan fingerprint density at radius 3 is 1.35 bits per heavy atom. The first-order chi connectivity index (χ1) is 28.3. The van der Waals surface area contributed by atoms with Gasteiger partial charge in [-0.3, -0.25) is 0 Å². The molecule has 3 heteroatoms. The van der Waals surface area contributed by atoms with Gasteiger partial charge in [-0.05, 0) is 74.3 Å². The number of nitrogens with zero attached hydrogens (tertiary/aromatic N) is 2. The molecule has 0 aliphatic heterocycles. The number of rotatable bonds is 7. The van der Waals surface area contributed by atoms with Crippen molar-refractivity contribution in [2.75, 3.05) is 0 Å². The second-order valence-corrected chi connectivity index (χ2v) is 18.7. The summed E-state index contributed by atoms with van der Waals surface area (Å²) in [6.07, 6.45) is 0. The lowest BCUT2D eigenvalue weighted by Crippen LogP contribution is -2.74. The third-order valence-electron chi connectivity index (χ3n) is 11.9. The Hall–Kier alpha value is -7.20. The molecular weight excluding hydrogens is 705 g/mol. The molecule has 0 spiro atoms. The summed E-state index contributed by atoms with van der Waals surface area (Å²) in [7, 11) is -2.72. The average molecular weight is 743 g/mol. The lowest BCUT2D eigenvalue weighted by atomic mass is 10.0. The molecule has 0 aliphatic rings. The van der Waals surface area contributed by atoms with Gasteiger partial charge in [-0.15, -0.1) is 0 Å². The van der Waals surface area contributed by atoms with Crippen LogP contribution < -0.4 is 20.7 Å². The fourth-order valence-electron chi connectivity index (χ4n) is 9.36. The largest absolute Gasteiger partial charge is 0.309 e. The van der Waals surface area contributed by atoms with E-state index in [1.807, 2.05) is 0 Å². The molecule has 11 rings (SSSR count). The molecule has 0 amide bonds. The number of benzene rings is 9. The molecular formula is C54H38N2Si. The van der Waals surface area contributed by atoms with E-state index in [9.17, 15) is 0 Å². The fourth-order valence-corrected chi connectivity index (χ4v) is 14.1. The summed E-state index contributed by atoms with van der Waals surface area (Å²) in [6, 6.07) is 85.2. The van der Waals surface area contributed by atoms with Gasteiger partial charge in [0.1, 0.15) is 0 Å². The van der Waals surface area contributed by atoms with Gasteiger partial charge in [-0.2, -0.15) is 0 Å². The van der Waals surface area contributed by atoms with Crippen molar-refractivity contribution in [2.24, 2.45) is 0 Å². The Kier molecular flexibility index (Phi) is 7.87. The van der Waals surface area contributed by atoms with E-state index in [0.717, 1.165) is 11.4 Å². The SMILES string of the molecule is c1ccc(-c2ccc3c4ccc(-n5c6ccccc6c6cc([Si](c7ccccc7)(c7ccccc7)c7ccccc7)ccc65)cc4n(-c4ccccc4)c3c2)cc1. The fraction of sp³-hybridized carbons (Fsp3) is 0. The van der Waals surface area contributed by atoms with Crippen molar-refractivity contribution < 1.29 is 0 Å². The molecule has 0 saturated heterocycles. The van der Waals surface area contributed by atoms with E-state index in [-0.39, 0.29) is 0 Å². The molecule has 0 bridgehead atoms. The van der Waals surface area contributed by atoms with Crippen LogP contribution in [0.15, 0.2) is 231 Å². The van der Waals surface area contributed by atoms with Crippen LogP contribution >= 0.6 is 0 Å². The number of fused-ring (bicyclic) bond motifs is 6. The van der Waals surface area contributed by atoms with Gasteiger partial charge in [0.15, 0.2) is 8.07 Å².